The van der Waals surface area contributed by atoms with Crippen LogP contribution in [0.2, 0.25) is 0 Å². The summed E-state index contributed by atoms with van der Waals surface area (Å²) in [6, 6.07) is 15.5. The summed E-state index contributed by atoms with van der Waals surface area (Å²) < 4.78 is 43.9. The minimum absolute atomic E-state index is 0. The number of ether oxygens (including phenoxy) is 2. The van der Waals surface area contributed by atoms with E-state index in [1.54, 1.807) is 30.3 Å². The number of carbonyl (C=O) groups excluding carboxylic acids is 1. The Morgan fingerprint density at radius 2 is 1.78 bits per heavy atom. The predicted molar refractivity (Wildman–Crippen MR) is 135 cm³/mol. The van der Waals surface area contributed by atoms with Crippen molar-refractivity contribution in [1.29, 1.82) is 0 Å². The van der Waals surface area contributed by atoms with E-state index in [4.69, 9.17) is 19.6 Å². The Morgan fingerprint density at radius 1 is 1.00 bits per heavy atom. The standard InChI is InChI=1S/C27H25F2N3O4.H2/c28-21-5-2-17(13-22(21)29)18-3-6-23(30)24(14-18)31-27(33)26-15-19-1-4-20(16-25(19)36-26)35-12-9-32-7-10-34-11-8-32;/h1-6,13-16H,7-12,30H2,(H,31,33);1H. The Hall–Kier alpha value is -3.95. The second-order valence-corrected chi connectivity index (χ2v) is 8.50. The lowest BCUT2D eigenvalue weighted by Crippen LogP contribution is -2.38. The van der Waals surface area contributed by atoms with Crippen LogP contribution in [0.5, 0.6) is 5.75 Å². The number of nitrogen functional groups attached to an aromatic ring is 1. The Labute approximate surface area is 207 Å². The normalized spacial score (nSPS) is 14.2. The van der Waals surface area contributed by atoms with Crippen molar-refractivity contribution in [3.8, 4) is 16.9 Å². The number of fused-ring (bicyclic) bond motifs is 1. The highest BCUT2D eigenvalue weighted by Crippen LogP contribution is 2.30. The van der Waals surface area contributed by atoms with Gasteiger partial charge in [-0.1, -0.05) is 12.1 Å². The van der Waals surface area contributed by atoms with Gasteiger partial charge in [-0.25, -0.2) is 8.78 Å². The molecule has 36 heavy (non-hydrogen) atoms. The average Bonchev–Trinajstić information content (AvgIpc) is 3.31. The van der Waals surface area contributed by atoms with E-state index in [1.807, 2.05) is 12.1 Å². The molecular weight excluding hydrogens is 468 g/mol. The van der Waals surface area contributed by atoms with Crippen molar-refractivity contribution in [3.63, 3.8) is 0 Å². The van der Waals surface area contributed by atoms with Crippen LogP contribution in [0, 0.1) is 11.6 Å². The smallest absolute Gasteiger partial charge is 0.291 e. The van der Waals surface area contributed by atoms with Crippen molar-refractivity contribution in [2.75, 3.05) is 50.5 Å². The molecule has 3 N–H and O–H groups in total. The molecular formula is C27H27F2N3O4. The van der Waals surface area contributed by atoms with Gasteiger partial charge in [0.05, 0.1) is 24.6 Å². The summed E-state index contributed by atoms with van der Waals surface area (Å²) in [6.07, 6.45) is 0. The molecule has 1 amide bonds. The molecule has 1 aromatic heterocycles. The second-order valence-electron chi connectivity index (χ2n) is 8.50. The summed E-state index contributed by atoms with van der Waals surface area (Å²) in [5.41, 5.74) is 8.23. The van der Waals surface area contributed by atoms with E-state index in [0.29, 0.717) is 40.4 Å². The van der Waals surface area contributed by atoms with Gasteiger partial charge >= 0.3 is 0 Å². The summed E-state index contributed by atoms with van der Waals surface area (Å²) in [5, 5.41) is 3.49. The van der Waals surface area contributed by atoms with Crippen molar-refractivity contribution in [2.45, 2.75) is 0 Å². The third-order valence-electron chi connectivity index (χ3n) is 6.05. The molecule has 2 heterocycles. The van der Waals surface area contributed by atoms with Gasteiger partial charge < -0.3 is 24.9 Å². The van der Waals surface area contributed by atoms with Gasteiger partial charge in [-0.2, -0.15) is 0 Å². The zero-order valence-corrected chi connectivity index (χ0v) is 19.4. The number of nitrogens with zero attached hydrogens (tertiary/aromatic N) is 1. The highest BCUT2D eigenvalue weighted by Gasteiger charge is 2.16. The Morgan fingerprint density at radius 3 is 2.58 bits per heavy atom. The fraction of sp³-hybridized carbons (Fsp3) is 0.222. The Bertz CT molecular complexity index is 1410. The van der Waals surface area contributed by atoms with Crippen molar-refractivity contribution < 1.29 is 28.9 Å². The molecule has 188 valence electrons. The quantitative estimate of drug-likeness (QED) is 0.344. The first-order valence-corrected chi connectivity index (χ1v) is 11.6. The molecule has 3 aromatic carbocycles. The molecule has 1 aliphatic heterocycles. The summed E-state index contributed by atoms with van der Waals surface area (Å²) in [5.74, 6) is -1.62. The van der Waals surface area contributed by atoms with Gasteiger partial charge in [0.25, 0.3) is 5.91 Å². The maximum atomic E-state index is 13.7. The van der Waals surface area contributed by atoms with Gasteiger partial charge in [0.2, 0.25) is 0 Å². The number of amides is 1. The van der Waals surface area contributed by atoms with E-state index in [1.165, 1.54) is 6.07 Å². The van der Waals surface area contributed by atoms with E-state index in [9.17, 15) is 13.6 Å². The lowest BCUT2D eigenvalue weighted by Gasteiger charge is -2.26. The first-order chi connectivity index (χ1) is 17.5. The molecule has 1 fully saturated rings. The van der Waals surface area contributed by atoms with Crippen LogP contribution >= 0.6 is 0 Å². The van der Waals surface area contributed by atoms with Crippen LogP contribution < -0.4 is 15.8 Å². The molecule has 4 aromatic rings. The highest BCUT2D eigenvalue weighted by atomic mass is 19.2. The second kappa shape index (κ2) is 10.3. The van der Waals surface area contributed by atoms with Gasteiger partial charge in [0, 0.05) is 32.5 Å². The number of halogens is 2. The number of anilines is 2. The Balaban J connectivity index is 0.00000320. The molecule has 5 rings (SSSR count). The van der Waals surface area contributed by atoms with Crippen molar-refractivity contribution in [1.82, 2.24) is 4.90 Å². The summed E-state index contributed by atoms with van der Waals surface area (Å²) in [6.45, 7) is 4.61. The molecule has 7 nitrogen and oxygen atoms in total. The van der Waals surface area contributed by atoms with Crippen molar-refractivity contribution >= 4 is 28.3 Å². The molecule has 1 saturated heterocycles. The minimum atomic E-state index is -0.957. The number of nitrogens with two attached hydrogens (primary N) is 1. The Kier molecular flexibility index (Phi) is 6.84. The largest absolute Gasteiger partial charge is 0.492 e. The van der Waals surface area contributed by atoms with E-state index in [-0.39, 0.29) is 7.19 Å². The molecule has 0 atom stereocenters. The number of morpholine rings is 1. The number of hydrogen-bond donors (Lipinski definition) is 2. The van der Waals surface area contributed by atoms with Gasteiger partial charge in [-0.05, 0) is 53.6 Å². The molecule has 9 heteroatoms. The summed E-state index contributed by atoms with van der Waals surface area (Å²) in [4.78, 5) is 15.2. The van der Waals surface area contributed by atoms with Crippen LogP contribution in [-0.2, 0) is 4.74 Å². The van der Waals surface area contributed by atoms with Crippen LogP contribution in [0.4, 0.5) is 20.2 Å². The van der Waals surface area contributed by atoms with Crippen LogP contribution in [0.1, 0.15) is 12.0 Å². The first-order valence-electron chi connectivity index (χ1n) is 11.6. The number of furan rings is 1. The number of rotatable bonds is 7. The molecule has 1 aliphatic rings. The first kappa shape index (κ1) is 23.8. The topological polar surface area (TPSA) is 90.0 Å². The van der Waals surface area contributed by atoms with E-state index >= 15 is 0 Å². The van der Waals surface area contributed by atoms with Crippen molar-refractivity contribution in [2.24, 2.45) is 0 Å². The van der Waals surface area contributed by atoms with Crippen molar-refractivity contribution in [3.05, 3.63) is 78.1 Å². The lowest BCUT2D eigenvalue weighted by atomic mass is 10.0. The summed E-state index contributed by atoms with van der Waals surface area (Å²) >= 11 is 0. The van der Waals surface area contributed by atoms with Crippen LogP contribution in [0.3, 0.4) is 0 Å². The SMILES string of the molecule is Nc1ccc(-c2ccc(F)c(F)c2)cc1NC(=O)c1cc2ccc(OCCN3CCOCC3)cc2o1.[HH]. The number of hydrogen-bond acceptors (Lipinski definition) is 6. The minimum Gasteiger partial charge on any atom is -0.492 e. The molecule has 0 unspecified atom stereocenters. The van der Waals surface area contributed by atoms with E-state index < -0.39 is 17.5 Å². The van der Waals surface area contributed by atoms with Gasteiger partial charge in [0.15, 0.2) is 17.4 Å². The van der Waals surface area contributed by atoms with Crippen LogP contribution in [0.15, 0.2) is 65.1 Å². The maximum absolute atomic E-state index is 13.7. The zero-order chi connectivity index (χ0) is 25.1. The zero-order valence-electron chi connectivity index (χ0n) is 19.4. The lowest BCUT2D eigenvalue weighted by molar-refractivity contribution is 0.0322. The van der Waals surface area contributed by atoms with E-state index in [2.05, 4.69) is 10.2 Å². The van der Waals surface area contributed by atoms with Crippen LogP contribution in [-0.4, -0.2) is 50.3 Å². The molecule has 0 saturated carbocycles. The van der Waals surface area contributed by atoms with E-state index in [0.717, 1.165) is 50.4 Å². The van der Waals surface area contributed by atoms with Gasteiger partial charge in [-0.15, -0.1) is 0 Å². The fourth-order valence-electron chi connectivity index (χ4n) is 4.03. The number of carbonyl (C=O) groups is 1. The third kappa shape index (κ3) is 5.32. The molecule has 0 bridgehead atoms. The number of benzene rings is 3. The monoisotopic (exact) mass is 495 g/mol. The molecule has 0 aliphatic carbocycles. The number of nitrogens with one attached hydrogen (secondary N) is 1. The molecule has 0 spiro atoms. The highest BCUT2D eigenvalue weighted by molar-refractivity contribution is 6.06. The summed E-state index contributed by atoms with van der Waals surface area (Å²) in [7, 11) is 0. The fourth-order valence-corrected chi connectivity index (χ4v) is 4.03. The molecule has 0 radical (unpaired) electrons. The van der Waals surface area contributed by atoms with Gasteiger partial charge in [-0.3, -0.25) is 9.69 Å². The predicted octanol–water partition coefficient (Wildman–Crippen LogP) is 5.17. The van der Waals surface area contributed by atoms with Gasteiger partial charge in [0.1, 0.15) is 17.9 Å². The third-order valence-corrected chi connectivity index (χ3v) is 6.05. The average molecular weight is 496 g/mol. The van der Waals surface area contributed by atoms with Crippen LogP contribution in [0.25, 0.3) is 22.1 Å². The maximum Gasteiger partial charge on any atom is 0.291 e.